The van der Waals surface area contributed by atoms with Gasteiger partial charge in [-0.05, 0) is 18.9 Å². The topological polar surface area (TPSA) is 35.5 Å². The molecule has 1 unspecified atom stereocenters. The molecule has 1 heterocycles. The molecule has 0 saturated carbocycles. The van der Waals surface area contributed by atoms with E-state index in [0.29, 0.717) is 5.75 Å². The van der Waals surface area contributed by atoms with Gasteiger partial charge in [-0.15, -0.1) is 0 Å². The number of benzene rings is 1. The van der Waals surface area contributed by atoms with Gasteiger partial charge in [-0.25, -0.2) is 0 Å². The smallest absolute Gasteiger partial charge is 0.308 e. The summed E-state index contributed by atoms with van der Waals surface area (Å²) in [6, 6.07) is 5.76. The van der Waals surface area contributed by atoms with Crippen LogP contribution in [0.1, 0.15) is 51.5 Å². The number of carbonyl (C=O) groups excluding carboxylic acids is 1. The van der Waals surface area contributed by atoms with Gasteiger partial charge in [0.25, 0.3) is 0 Å². The van der Waals surface area contributed by atoms with Gasteiger partial charge >= 0.3 is 5.97 Å². The molecule has 0 aliphatic carbocycles. The van der Waals surface area contributed by atoms with Gasteiger partial charge in [0.05, 0.1) is 0 Å². The number of rotatable bonds is 6. The lowest BCUT2D eigenvalue weighted by Gasteiger charge is -2.11. The summed E-state index contributed by atoms with van der Waals surface area (Å²) in [7, 11) is 0. The van der Waals surface area contributed by atoms with E-state index in [1.807, 2.05) is 12.1 Å². The van der Waals surface area contributed by atoms with Crippen molar-refractivity contribution in [3.8, 4) is 11.5 Å². The van der Waals surface area contributed by atoms with Gasteiger partial charge < -0.3 is 9.47 Å². The lowest BCUT2D eigenvalue weighted by molar-refractivity contribution is -0.132. The fourth-order valence-corrected chi connectivity index (χ4v) is 2.50. The zero-order valence-electron chi connectivity index (χ0n) is 11.8. The van der Waals surface area contributed by atoms with Crippen LogP contribution in [0.2, 0.25) is 0 Å². The van der Waals surface area contributed by atoms with Crippen LogP contribution in [0.5, 0.6) is 11.5 Å². The minimum atomic E-state index is -0.302. The minimum Gasteiger partial charge on any atom is -0.486 e. The molecular weight excluding hydrogens is 240 g/mol. The zero-order chi connectivity index (χ0) is 13.7. The van der Waals surface area contributed by atoms with Crippen molar-refractivity contribution in [3.05, 3.63) is 23.8 Å². The van der Waals surface area contributed by atoms with Gasteiger partial charge in [-0.2, -0.15) is 0 Å². The Kier molecular flexibility index (Phi) is 4.83. The molecule has 1 atom stereocenters. The number of carbonyl (C=O) groups is 1. The number of unbranched alkanes of at least 4 members (excludes halogenated alkanes) is 3. The molecular formula is C16H22O3. The molecule has 19 heavy (non-hydrogen) atoms. The molecule has 104 valence electrons. The van der Waals surface area contributed by atoms with Crippen molar-refractivity contribution >= 4 is 5.97 Å². The van der Waals surface area contributed by atoms with Gasteiger partial charge in [0, 0.05) is 18.9 Å². The normalized spacial score (nSPS) is 16.8. The summed E-state index contributed by atoms with van der Waals surface area (Å²) >= 11 is 0. The lowest BCUT2D eigenvalue weighted by atomic mass is 10.0. The van der Waals surface area contributed by atoms with E-state index in [1.54, 1.807) is 6.07 Å². The molecule has 0 N–H and O–H groups in total. The summed E-state index contributed by atoms with van der Waals surface area (Å²) in [5.74, 6) is 1.02. The van der Waals surface area contributed by atoms with Crippen molar-refractivity contribution in [2.45, 2.75) is 58.5 Å². The molecule has 0 radical (unpaired) electrons. The van der Waals surface area contributed by atoms with Crippen molar-refractivity contribution in [1.29, 1.82) is 0 Å². The largest absolute Gasteiger partial charge is 0.486 e. The van der Waals surface area contributed by atoms with E-state index in [0.717, 1.165) is 24.2 Å². The number of para-hydroxylation sites is 1. The van der Waals surface area contributed by atoms with E-state index in [9.17, 15) is 4.79 Å². The number of esters is 1. The highest BCUT2D eigenvalue weighted by Crippen LogP contribution is 2.39. The Hall–Kier alpha value is -1.51. The van der Waals surface area contributed by atoms with Crippen LogP contribution < -0.4 is 9.47 Å². The van der Waals surface area contributed by atoms with Crippen molar-refractivity contribution in [1.82, 2.24) is 0 Å². The first-order valence-corrected chi connectivity index (χ1v) is 7.17. The Bertz CT molecular complexity index is 440. The molecule has 2 rings (SSSR count). The Balaban J connectivity index is 1.93. The number of fused-ring (bicyclic) bond motifs is 1. The van der Waals surface area contributed by atoms with Gasteiger partial charge in [-0.3, -0.25) is 4.79 Å². The predicted molar refractivity (Wildman–Crippen MR) is 74.6 cm³/mol. The average molecular weight is 262 g/mol. The summed E-state index contributed by atoms with van der Waals surface area (Å²) < 4.78 is 11.1. The fourth-order valence-electron chi connectivity index (χ4n) is 2.50. The summed E-state index contributed by atoms with van der Waals surface area (Å²) in [4.78, 5) is 11.1. The zero-order valence-corrected chi connectivity index (χ0v) is 11.8. The van der Waals surface area contributed by atoms with Gasteiger partial charge in [-0.1, -0.05) is 38.3 Å². The summed E-state index contributed by atoms with van der Waals surface area (Å²) in [5.41, 5.74) is 1.15. The minimum absolute atomic E-state index is 0.239. The third-order valence-electron chi connectivity index (χ3n) is 3.43. The van der Waals surface area contributed by atoms with E-state index in [-0.39, 0.29) is 12.1 Å². The Morgan fingerprint density at radius 2 is 2.21 bits per heavy atom. The monoisotopic (exact) mass is 262 g/mol. The number of hydrogen-bond acceptors (Lipinski definition) is 3. The molecule has 1 aromatic carbocycles. The van der Waals surface area contributed by atoms with Crippen molar-refractivity contribution in [3.63, 3.8) is 0 Å². The maximum absolute atomic E-state index is 11.1. The molecule has 0 saturated heterocycles. The highest BCUT2D eigenvalue weighted by molar-refractivity contribution is 5.71. The highest BCUT2D eigenvalue weighted by atomic mass is 16.6. The van der Waals surface area contributed by atoms with Gasteiger partial charge in [0.1, 0.15) is 6.10 Å². The molecule has 3 nitrogen and oxygen atoms in total. The summed E-state index contributed by atoms with van der Waals surface area (Å²) in [6.07, 6.45) is 7.26. The second-order valence-corrected chi connectivity index (χ2v) is 5.13. The highest BCUT2D eigenvalue weighted by Gasteiger charge is 2.26. The molecule has 0 fully saturated rings. The molecule has 0 aromatic heterocycles. The third kappa shape index (κ3) is 3.72. The molecule has 1 aromatic rings. The molecule has 0 bridgehead atoms. The van der Waals surface area contributed by atoms with E-state index in [2.05, 4.69) is 6.92 Å². The maximum atomic E-state index is 11.1. The third-order valence-corrected chi connectivity index (χ3v) is 3.43. The van der Waals surface area contributed by atoms with Crippen molar-refractivity contribution in [2.24, 2.45) is 0 Å². The first kappa shape index (κ1) is 13.9. The van der Waals surface area contributed by atoms with Crippen molar-refractivity contribution < 1.29 is 14.3 Å². The first-order chi connectivity index (χ1) is 9.20. The van der Waals surface area contributed by atoms with Crippen LogP contribution in [0.4, 0.5) is 0 Å². The van der Waals surface area contributed by atoms with E-state index >= 15 is 0 Å². The predicted octanol–water partition coefficient (Wildman–Crippen LogP) is 3.89. The van der Waals surface area contributed by atoms with E-state index in [4.69, 9.17) is 9.47 Å². The second kappa shape index (κ2) is 6.60. The van der Waals surface area contributed by atoms with Gasteiger partial charge in [0.2, 0.25) is 0 Å². The average Bonchev–Trinajstić information content (AvgIpc) is 2.78. The maximum Gasteiger partial charge on any atom is 0.308 e. The SMILES string of the molecule is CCCCCCC1Cc2cccc(OC(C)=O)c2O1. The van der Waals surface area contributed by atoms with Crippen LogP contribution in [-0.4, -0.2) is 12.1 Å². The van der Waals surface area contributed by atoms with Crippen LogP contribution in [0.25, 0.3) is 0 Å². The van der Waals surface area contributed by atoms with Gasteiger partial charge in [0.15, 0.2) is 11.5 Å². The Morgan fingerprint density at radius 1 is 1.37 bits per heavy atom. The fraction of sp³-hybridized carbons (Fsp3) is 0.562. The van der Waals surface area contributed by atoms with Crippen LogP contribution in [0.3, 0.4) is 0 Å². The number of hydrogen-bond donors (Lipinski definition) is 0. The Morgan fingerprint density at radius 3 is 2.95 bits per heavy atom. The van der Waals surface area contributed by atoms with Crippen LogP contribution in [0, 0.1) is 0 Å². The van der Waals surface area contributed by atoms with Crippen molar-refractivity contribution in [2.75, 3.05) is 0 Å². The Labute approximate surface area is 114 Å². The lowest BCUT2D eigenvalue weighted by Crippen LogP contribution is -2.12. The number of ether oxygens (including phenoxy) is 2. The first-order valence-electron chi connectivity index (χ1n) is 7.17. The molecule has 3 heteroatoms. The van der Waals surface area contributed by atoms with Crippen LogP contribution >= 0.6 is 0 Å². The standard InChI is InChI=1S/C16H22O3/c1-3-4-5-6-9-14-11-13-8-7-10-15(16(13)19-14)18-12(2)17/h7-8,10,14H,3-6,9,11H2,1-2H3. The van der Waals surface area contributed by atoms with E-state index in [1.165, 1.54) is 32.6 Å². The summed E-state index contributed by atoms with van der Waals surface area (Å²) in [6.45, 7) is 3.63. The molecule has 0 amide bonds. The van der Waals surface area contributed by atoms with Crippen LogP contribution in [0.15, 0.2) is 18.2 Å². The second-order valence-electron chi connectivity index (χ2n) is 5.13. The summed E-state index contributed by atoms with van der Waals surface area (Å²) in [5, 5.41) is 0. The van der Waals surface area contributed by atoms with Crippen LogP contribution in [-0.2, 0) is 11.2 Å². The molecule has 0 spiro atoms. The quantitative estimate of drug-likeness (QED) is 0.443. The van der Waals surface area contributed by atoms with E-state index < -0.39 is 0 Å². The molecule has 1 aliphatic heterocycles. The molecule has 1 aliphatic rings.